The molecule has 0 aromatic heterocycles. The quantitative estimate of drug-likeness (QED) is 0.679. The monoisotopic (exact) mass is 386 g/mol. The van der Waals surface area contributed by atoms with Crippen LogP contribution in [0.25, 0.3) is 0 Å². The first-order chi connectivity index (χ1) is 13.1. The van der Waals surface area contributed by atoms with Crippen molar-refractivity contribution >= 4 is 29.1 Å². The van der Waals surface area contributed by atoms with E-state index in [1.165, 1.54) is 17.5 Å². The third kappa shape index (κ3) is 6.00. The molecule has 2 amide bonds. The van der Waals surface area contributed by atoms with Crippen LogP contribution in [0, 0.1) is 0 Å². The Morgan fingerprint density at radius 1 is 1.00 bits per heavy atom. The Hall–Kier alpha value is -2.53. The summed E-state index contributed by atoms with van der Waals surface area (Å²) in [7, 11) is 0. The Morgan fingerprint density at radius 2 is 1.78 bits per heavy atom. The molecule has 0 bridgehead atoms. The second-order valence-electron chi connectivity index (χ2n) is 6.58. The van der Waals surface area contributed by atoms with E-state index in [2.05, 4.69) is 16.7 Å². The van der Waals surface area contributed by atoms with Gasteiger partial charge in [0.1, 0.15) is 5.75 Å². The van der Waals surface area contributed by atoms with E-state index in [9.17, 15) is 9.59 Å². The molecule has 1 aliphatic carbocycles. The standard InChI is InChI=1S/C21H23ClN2O3/c22-17-7-9-18(10-8-17)24-20(25)5-2-12-23-21(26)14-27-19-11-6-15-3-1-4-16(15)13-19/h6-11,13H,1-5,12,14H2,(H,23,26)(H,24,25). The number of fused-ring (bicyclic) bond motifs is 1. The minimum absolute atomic E-state index is 0.0181. The lowest BCUT2D eigenvalue weighted by molar-refractivity contribution is -0.123. The average Bonchev–Trinajstić information content (AvgIpc) is 3.13. The maximum Gasteiger partial charge on any atom is 0.257 e. The van der Waals surface area contributed by atoms with Gasteiger partial charge < -0.3 is 15.4 Å². The SMILES string of the molecule is O=C(COc1ccc2c(c1)CCC2)NCCCC(=O)Nc1ccc(Cl)cc1. The van der Waals surface area contributed by atoms with Crippen LogP contribution in [0.5, 0.6) is 5.75 Å². The van der Waals surface area contributed by atoms with Crippen LogP contribution in [0.2, 0.25) is 5.02 Å². The molecule has 0 atom stereocenters. The molecule has 27 heavy (non-hydrogen) atoms. The van der Waals surface area contributed by atoms with Crippen LogP contribution in [0.4, 0.5) is 5.69 Å². The third-order valence-corrected chi connectivity index (χ3v) is 4.72. The summed E-state index contributed by atoms with van der Waals surface area (Å²) >= 11 is 5.81. The van der Waals surface area contributed by atoms with Crippen molar-refractivity contribution in [2.45, 2.75) is 32.1 Å². The first-order valence-electron chi connectivity index (χ1n) is 9.17. The number of hydrogen-bond donors (Lipinski definition) is 2. The molecule has 3 rings (SSSR count). The maximum atomic E-state index is 11.9. The van der Waals surface area contributed by atoms with Gasteiger partial charge in [-0.05, 0) is 73.2 Å². The van der Waals surface area contributed by atoms with Gasteiger partial charge in [0.15, 0.2) is 6.61 Å². The molecule has 0 saturated carbocycles. The van der Waals surface area contributed by atoms with Crippen LogP contribution in [-0.4, -0.2) is 25.0 Å². The van der Waals surface area contributed by atoms with Gasteiger partial charge in [0.05, 0.1) is 0 Å². The summed E-state index contributed by atoms with van der Waals surface area (Å²) in [6, 6.07) is 13.0. The number of halogens is 1. The molecule has 0 spiro atoms. The van der Waals surface area contributed by atoms with Gasteiger partial charge in [-0.1, -0.05) is 17.7 Å². The summed E-state index contributed by atoms with van der Waals surface area (Å²) in [6.07, 6.45) is 4.28. The lowest BCUT2D eigenvalue weighted by atomic mass is 10.1. The molecule has 1 aliphatic rings. The van der Waals surface area contributed by atoms with E-state index in [0.717, 1.165) is 18.6 Å². The molecule has 142 valence electrons. The van der Waals surface area contributed by atoms with Gasteiger partial charge in [0, 0.05) is 23.7 Å². The second kappa shape index (κ2) is 9.42. The van der Waals surface area contributed by atoms with Crippen molar-refractivity contribution in [3.63, 3.8) is 0 Å². The first-order valence-corrected chi connectivity index (χ1v) is 9.55. The van der Waals surface area contributed by atoms with Crippen LogP contribution in [0.1, 0.15) is 30.4 Å². The highest BCUT2D eigenvalue weighted by Gasteiger charge is 2.12. The van der Waals surface area contributed by atoms with Gasteiger partial charge in [-0.3, -0.25) is 9.59 Å². The predicted octanol–water partition coefficient (Wildman–Crippen LogP) is 3.74. The zero-order chi connectivity index (χ0) is 19.1. The van der Waals surface area contributed by atoms with Crippen molar-refractivity contribution in [2.24, 2.45) is 0 Å². The zero-order valence-electron chi connectivity index (χ0n) is 15.1. The Bertz CT molecular complexity index is 806. The molecule has 0 saturated heterocycles. The largest absolute Gasteiger partial charge is 0.484 e. The fourth-order valence-corrected chi connectivity index (χ4v) is 3.20. The fraction of sp³-hybridized carbons (Fsp3) is 0.333. The van der Waals surface area contributed by atoms with E-state index in [4.69, 9.17) is 16.3 Å². The van der Waals surface area contributed by atoms with Gasteiger partial charge in [-0.2, -0.15) is 0 Å². The van der Waals surface area contributed by atoms with E-state index in [1.807, 2.05) is 12.1 Å². The summed E-state index contributed by atoms with van der Waals surface area (Å²) in [5.74, 6) is 0.447. The van der Waals surface area contributed by atoms with Gasteiger partial charge in [-0.15, -0.1) is 0 Å². The summed E-state index contributed by atoms with van der Waals surface area (Å²) in [4.78, 5) is 23.7. The highest BCUT2D eigenvalue weighted by molar-refractivity contribution is 6.30. The topological polar surface area (TPSA) is 67.4 Å². The molecule has 0 aliphatic heterocycles. The van der Waals surface area contributed by atoms with Crippen molar-refractivity contribution in [2.75, 3.05) is 18.5 Å². The zero-order valence-corrected chi connectivity index (χ0v) is 15.8. The lowest BCUT2D eigenvalue weighted by Gasteiger charge is -2.09. The van der Waals surface area contributed by atoms with Gasteiger partial charge in [0.2, 0.25) is 5.91 Å². The van der Waals surface area contributed by atoms with Crippen molar-refractivity contribution in [1.29, 1.82) is 0 Å². The molecular weight excluding hydrogens is 364 g/mol. The van der Waals surface area contributed by atoms with E-state index < -0.39 is 0 Å². The lowest BCUT2D eigenvalue weighted by Crippen LogP contribution is -2.30. The number of ether oxygens (including phenoxy) is 1. The number of nitrogens with one attached hydrogen (secondary N) is 2. The van der Waals surface area contributed by atoms with E-state index >= 15 is 0 Å². The number of rotatable bonds is 8. The highest BCUT2D eigenvalue weighted by atomic mass is 35.5. The number of amides is 2. The summed E-state index contributed by atoms with van der Waals surface area (Å²) < 4.78 is 5.56. The van der Waals surface area contributed by atoms with Crippen LogP contribution in [0.15, 0.2) is 42.5 Å². The highest BCUT2D eigenvalue weighted by Crippen LogP contribution is 2.25. The van der Waals surface area contributed by atoms with Crippen LogP contribution < -0.4 is 15.4 Å². The molecule has 2 aromatic carbocycles. The van der Waals surface area contributed by atoms with Crippen LogP contribution in [0.3, 0.4) is 0 Å². The van der Waals surface area contributed by atoms with Gasteiger partial charge in [-0.25, -0.2) is 0 Å². The van der Waals surface area contributed by atoms with Gasteiger partial charge >= 0.3 is 0 Å². The van der Waals surface area contributed by atoms with Crippen molar-refractivity contribution in [1.82, 2.24) is 5.32 Å². The minimum atomic E-state index is -0.186. The maximum absolute atomic E-state index is 11.9. The molecule has 2 N–H and O–H groups in total. The minimum Gasteiger partial charge on any atom is -0.484 e. The molecule has 0 radical (unpaired) electrons. The predicted molar refractivity (Wildman–Crippen MR) is 106 cm³/mol. The first kappa shape index (κ1) is 19.2. The summed E-state index contributed by atoms with van der Waals surface area (Å²) in [6.45, 7) is 0.413. The molecule has 5 nitrogen and oxygen atoms in total. The third-order valence-electron chi connectivity index (χ3n) is 4.47. The van der Waals surface area contributed by atoms with E-state index in [0.29, 0.717) is 30.1 Å². The van der Waals surface area contributed by atoms with Crippen LogP contribution in [-0.2, 0) is 22.4 Å². The molecule has 0 fully saturated rings. The fourth-order valence-electron chi connectivity index (χ4n) is 3.07. The second-order valence-corrected chi connectivity index (χ2v) is 7.02. The molecule has 0 heterocycles. The number of hydrogen-bond acceptors (Lipinski definition) is 3. The summed E-state index contributed by atoms with van der Waals surface area (Å²) in [5, 5.41) is 6.18. The van der Waals surface area contributed by atoms with E-state index in [-0.39, 0.29) is 18.4 Å². The van der Waals surface area contributed by atoms with E-state index in [1.54, 1.807) is 24.3 Å². The Morgan fingerprint density at radius 3 is 2.59 bits per heavy atom. The number of carbonyl (C=O) groups is 2. The Balaban J connectivity index is 1.30. The average molecular weight is 387 g/mol. The Labute approximate surface area is 164 Å². The molecule has 0 unspecified atom stereocenters. The number of benzene rings is 2. The van der Waals surface area contributed by atoms with Crippen molar-refractivity contribution in [3.8, 4) is 5.75 Å². The molecule has 2 aromatic rings. The van der Waals surface area contributed by atoms with Crippen molar-refractivity contribution in [3.05, 3.63) is 58.6 Å². The molecular formula is C21H23ClN2O3. The smallest absolute Gasteiger partial charge is 0.257 e. The van der Waals surface area contributed by atoms with Gasteiger partial charge in [0.25, 0.3) is 5.91 Å². The molecule has 6 heteroatoms. The normalized spacial score (nSPS) is 12.3. The number of anilines is 1. The van der Waals surface area contributed by atoms with Crippen LogP contribution >= 0.6 is 11.6 Å². The van der Waals surface area contributed by atoms with Crippen molar-refractivity contribution < 1.29 is 14.3 Å². The number of aryl methyl sites for hydroxylation is 2. The summed E-state index contributed by atoms with van der Waals surface area (Å²) in [5.41, 5.74) is 3.40. The number of carbonyl (C=O) groups excluding carboxylic acids is 2. The Kier molecular flexibility index (Phi) is 6.71.